The van der Waals surface area contributed by atoms with Gasteiger partial charge in [0.05, 0.1) is 5.75 Å². The van der Waals surface area contributed by atoms with Crippen molar-refractivity contribution in [3.8, 4) is 0 Å². The first-order valence-corrected chi connectivity index (χ1v) is 10.7. The summed E-state index contributed by atoms with van der Waals surface area (Å²) in [5.41, 5.74) is -0.800. The number of thioether (sulfide) groups is 1. The third-order valence-corrected chi connectivity index (χ3v) is 6.18. The number of nitrogens with one attached hydrogen (secondary N) is 1. The number of hydrogen-bond donors (Lipinski definition) is 2. The summed E-state index contributed by atoms with van der Waals surface area (Å²) in [6.07, 6.45) is 4.61. The number of sulfone groups is 1. The van der Waals surface area contributed by atoms with Crippen molar-refractivity contribution in [3.05, 3.63) is 0 Å². The van der Waals surface area contributed by atoms with Crippen molar-refractivity contribution in [2.75, 3.05) is 23.5 Å². The summed E-state index contributed by atoms with van der Waals surface area (Å²) in [4.78, 5) is 11.7. The van der Waals surface area contributed by atoms with Crippen LogP contribution in [0.2, 0.25) is 0 Å². The minimum absolute atomic E-state index is 0.128. The van der Waals surface area contributed by atoms with Crippen molar-refractivity contribution < 1.29 is 18.3 Å². The second kappa shape index (κ2) is 7.83. The van der Waals surface area contributed by atoms with Crippen LogP contribution in [0.3, 0.4) is 0 Å². The van der Waals surface area contributed by atoms with Gasteiger partial charge in [-0.3, -0.25) is 10.1 Å². The number of carboxylic acids is 1. The first kappa shape index (κ1) is 18.8. The molecule has 0 saturated heterocycles. The smallest absolute Gasteiger partial charge is 0.324 e. The zero-order chi connectivity index (χ0) is 16.1. The van der Waals surface area contributed by atoms with E-state index in [1.165, 1.54) is 6.26 Å². The molecule has 21 heavy (non-hydrogen) atoms. The van der Waals surface area contributed by atoms with Gasteiger partial charge < -0.3 is 5.11 Å². The van der Waals surface area contributed by atoms with Gasteiger partial charge in [0.1, 0.15) is 15.4 Å². The van der Waals surface area contributed by atoms with E-state index in [1.54, 1.807) is 11.8 Å². The maximum Gasteiger partial charge on any atom is 0.324 e. The second-order valence-electron chi connectivity index (χ2n) is 6.20. The van der Waals surface area contributed by atoms with Crippen LogP contribution in [0, 0.1) is 5.92 Å². The maximum absolute atomic E-state index is 11.7. The highest BCUT2D eigenvalue weighted by Crippen LogP contribution is 2.39. The molecule has 124 valence electrons. The summed E-state index contributed by atoms with van der Waals surface area (Å²) in [6.45, 7) is 3.95. The lowest BCUT2D eigenvalue weighted by Crippen LogP contribution is -2.57. The predicted octanol–water partition coefficient (Wildman–Crippen LogP) is 1.78. The molecule has 1 aliphatic carbocycles. The summed E-state index contributed by atoms with van der Waals surface area (Å²) in [5.74, 6) is 0.970. The Bertz CT molecular complexity index is 450. The molecule has 0 aromatic rings. The SMILES string of the molecule is CC(C)NC1(C(=O)O)CCCC1CCSCCS(C)(=O)=O. The molecule has 7 heteroatoms. The van der Waals surface area contributed by atoms with E-state index in [9.17, 15) is 18.3 Å². The molecule has 0 bridgehead atoms. The zero-order valence-corrected chi connectivity index (χ0v) is 14.7. The number of carbonyl (C=O) groups is 1. The van der Waals surface area contributed by atoms with E-state index in [0.29, 0.717) is 12.2 Å². The fraction of sp³-hybridized carbons (Fsp3) is 0.929. The quantitative estimate of drug-likeness (QED) is 0.624. The van der Waals surface area contributed by atoms with E-state index in [1.807, 2.05) is 13.8 Å². The number of carboxylic acid groups (broad SMARTS) is 1. The second-order valence-corrected chi connectivity index (χ2v) is 9.68. The van der Waals surface area contributed by atoms with Gasteiger partial charge >= 0.3 is 5.97 Å². The fourth-order valence-electron chi connectivity index (χ4n) is 3.05. The average molecular weight is 338 g/mol. The maximum atomic E-state index is 11.7. The van der Waals surface area contributed by atoms with E-state index in [-0.39, 0.29) is 17.7 Å². The average Bonchev–Trinajstić information content (AvgIpc) is 2.70. The lowest BCUT2D eigenvalue weighted by molar-refractivity contribution is -0.147. The van der Waals surface area contributed by atoms with Gasteiger partial charge in [-0.05, 0) is 44.8 Å². The van der Waals surface area contributed by atoms with Gasteiger partial charge in [-0.2, -0.15) is 11.8 Å². The van der Waals surface area contributed by atoms with E-state index < -0.39 is 21.3 Å². The molecule has 1 rings (SSSR count). The molecule has 2 atom stereocenters. The van der Waals surface area contributed by atoms with Gasteiger partial charge in [0.25, 0.3) is 0 Å². The highest BCUT2D eigenvalue weighted by atomic mass is 32.2. The summed E-state index contributed by atoms with van der Waals surface area (Å²) in [6, 6.07) is 0.139. The Morgan fingerprint density at radius 2 is 2.10 bits per heavy atom. The van der Waals surface area contributed by atoms with Gasteiger partial charge in [0, 0.05) is 18.1 Å². The Morgan fingerprint density at radius 3 is 2.62 bits per heavy atom. The van der Waals surface area contributed by atoms with Crippen molar-refractivity contribution in [1.29, 1.82) is 0 Å². The van der Waals surface area contributed by atoms with Crippen LogP contribution >= 0.6 is 11.8 Å². The Hall–Kier alpha value is -0.270. The van der Waals surface area contributed by atoms with Gasteiger partial charge in [-0.25, -0.2) is 8.42 Å². The van der Waals surface area contributed by atoms with Crippen LogP contribution in [-0.2, 0) is 14.6 Å². The van der Waals surface area contributed by atoms with Gasteiger partial charge in [-0.15, -0.1) is 0 Å². The van der Waals surface area contributed by atoms with Crippen molar-refractivity contribution >= 4 is 27.6 Å². The molecule has 0 aliphatic heterocycles. The van der Waals surface area contributed by atoms with Crippen LogP contribution in [0.1, 0.15) is 39.5 Å². The fourth-order valence-corrected chi connectivity index (χ4v) is 5.39. The first-order chi connectivity index (χ1) is 9.67. The van der Waals surface area contributed by atoms with Gasteiger partial charge in [0.2, 0.25) is 0 Å². The Labute approximate surface area is 132 Å². The van der Waals surface area contributed by atoms with E-state index in [4.69, 9.17) is 0 Å². The van der Waals surface area contributed by atoms with E-state index in [2.05, 4.69) is 5.32 Å². The van der Waals surface area contributed by atoms with Crippen molar-refractivity contribution in [2.24, 2.45) is 5.92 Å². The van der Waals surface area contributed by atoms with Crippen LogP contribution in [-0.4, -0.2) is 54.6 Å². The largest absolute Gasteiger partial charge is 0.480 e. The predicted molar refractivity (Wildman–Crippen MR) is 87.6 cm³/mol. The normalized spacial score (nSPS) is 26.4. The molecule has 1 saturated carbocycles. The van der Waals surface area contributed by atoms with Crippen LogP contribution in [0.4, 0.5) is 0 Å². The molecule has 5 nitrogen and oxygen atoms in total. The molecule has 2 N–H and O–H groups in total. The molecular weight excluding hydrogens is 310 g/mol. The summed E-state index contributed by atoms with van der Waals surface area (Å²) >= 11 is 1.60. The molecule has 1 fully saturated rings. The van der Waals surface area contributed by atoms with Crippen LogP contribution in [0.5, 0.6) is 0 Å². The third-order valence-electron chi connectivity index (χ3n) is 3.96. The van der Waals surface area contributed by atoms with E-state index >= 15 is 0 Å². The number of rotatable bonds is 9. The Balaban J connectivity index is 2.50. The molecule has 0 radical (unpaired) electrons. The van der Waals surface area contributed by atoms with E-state index in [0.717, 1.165) is 25.0 Å². The van der Waals surface area contributed by atoms with Crippen LogP contribution < -0.4 is 5.32 Å². The van der Waals surface area contributed by atoms with Crippen molar-refractivity contribution in [2.45, 2.75) is 51.1 Å². The Kier molecular flexibility index (Phi) is 7.00. The first-order valence-electron chi connectivity index (χ1n) is 7.44. The lowest BCUT2D eigenvalue weighted by atomic mass is 9.84. The minimum atomic E-state index is -2.90. The third kappa shape index (κ3) is 5.79. The molecule has 0 heterocycles. The molecule has 0 spiro atoms. The minimum Gasteiger partial charge on any atom is -0.480 e. The number of hydrogen-bond acceptors (Lipinski definition) is 5. The number of aliphatic carboxylic acids is 1. The monoisotopic (exact) mass is 337 g/mol. The molecule has 1 aliphatic rings. The highest BCUT2D eigenvalue weighted by Gasteiger charge is 2.48. The molecule has 0 amide bonds. The molecule has 2 unspecified atom stereocenters. The standard InChI is InChI=1S/C14H27NO4S2/c1-11(2)15-14(13(16)17)7-4-5-12(14)6-8-20-9-10-21(3,18)19/h11-12,15H,4-10H2,1-3H3,(H,16,17). The molecular formula is C14H27NO4S2. The lowest BCUT2D eigenvalue weighted by Gasteiger charge is -2.34. The summed E-state index contributed by atoms with van der Waals surface area (Å²) in [5, 5.41) is 12.9. The van der Waals surface area contributed by atoms with Gasteiger partial charge in [-0.1, -0.05) is 6.42 Å². The zero-order valence-electron chi connectivity index (χ0n) is 13.1. The van der Waals surface area contributed by atoms with Gasteiger partial charge in [0.15, 0.2) is 0 Å². The van der Waals surface area contributed by atoms with Crippen LogP contribution in [0.15, 0.2) is 0 Å². The molecule has 0 aromatic carbocycles. The van der Waals surface area contributed by atoms with Crippen molar-refractivity contribution in [3.63, 3.8) is 0 Å². The summed E-state index contributed by atoms with van der Waals surface area (Å²) < 4.78 is 22.1. The van der Waals surface area contributed by atoms with Crippen molar-refractivity contribution in [1.82, 2.24) is 5.32 Å². The molecule has 0 aromatic heterocycles. The van der Waals surface area contributed by atoms with Crippen LogP contribution in [0.25, 0.3) is 0 Å². The highest BCUT2D eigenvalue weighted by molar-refractivity contribution is 8.00. The Morgan fingerprint density at radius 1 is 1.43 bits per heavy atom. The topological polar surface area (TPSA) is 83.5 Å². The summed E-state index contributed by atoms with van der Waals surface area (Å²) in [7, 11) is -2.90.